The third-order valence-electron chi connectivity index (χ3n) is 5.21. The van der Waals surface area contributed by atoms with Gasteiger partial charge in [0.1, 0.15) is 17.1 Å². The molecule has 4 aromatic rings. The lowest BCUT2D eigenvalue weighted by Gasteiger charge is -2.12. The van der Waals surface area contributed by atoms with Crippen molar-refractivity contribution >= 4 is 28.3 Å². The molecule has 0 unspecified atom stereocenters. The van der Waals surface area contributed by atoms with Gasteiger partial charge in [-0.1, -0.05) is 12.1 Å². The first-order valence-corrected chi connectivity index (χ1v) is 10.8. The molecule has 0 atom stereocenters. The third kappa shape index (κ3) is 5.33. The normalized spacial score (nSPS) is 10.6. The summed E-state index contributed by atoms with van der Waals surface area (Å²) < 4.78 is 22.5. The Bertz CT molecular complexity index is 1460. The first-order valence-electron chi connectivity index (χ1n) is 10.8. The van der Waals surface area contributed by atoms with Crippen LogP contribution >= 0.6 is 0 Å². The highest BCUT2D eigenvalue weighted by Crippen LogP contribution is 2.32. The van der Waals surface area contributed by atoms with Crippen molar-refractivity contribution in [3.8, 4) is 23.0 Å². The number of methoxy groups -OCH3 is 1. The van der Waals surface area contributed by atoms with Crippen molar-refractivity contribution in [2.24, 2.45) is 0 Å². The van der Waals surface area contributed by atoms with E-state index in [1.807, 2.05) is 0 Å². The van der Waals surface area contributed by atoms with Crippen LogP contribution < -0.4 is 25.0 Å². The van der Waals surface area contributed by atoms with Crippen molar-refractivity contribution in [3.63, 3.8) is 0 Å². The zero-order chi connectivity index (χ0) is 24.9. The van der Waals surface area contributed by atoms with Gasteiger partial charge in [0, 0.05) is 17.3 Å². The molecule has 0 aliphatic rings. The highest BCUT2D eigenvalue weighted by Gasteiger charge is 2.16. The average molecular weight is 473 g/mol. The summed E-state index contributed by atoms with van der Waals surface area (Å²) in [6, 6.07) is 18.3. The number of carbonyl (C=O) groups excluding carboxylic acids is 2. The van der Waals surface area contributed by atoms with Crippen molar-refractivity contribution in [1.82, 2.24) is 0 Å². The van der Waals surface area contributed by atoms with Crippen molar-refractivity contribution < 1.29 is 28.2 Å². The van der Waals surface area contributed by atoms with Gasteiger partial charge in [0.25, 0.3) is 5.91 Å². The van der Waals surface area contributed by atoms with E-state index in [9.17, 15) is 14.4 Å². The van der Waals surface area contributed by atoms with E-state index in [1.165, 1.54) is 14.0 Å². The molecule has 0 spiro atoms. The first-order chi connectivity index (χ1) is 16.9. The molecule has 8 heteroatoms. The van der Waals surface area contributed by atoms with E-state index < -0.39 is 0 Å². The van der Waals surface area contributed by atoms with E-state index in [0.717, 1.165) is 0 Å². The number of anilines is 1. The summed E-state index contributed by atoms with van der Waals surface area (Å²) in [6.07, 6.45) is 0. The van der Waals surface area contributed by atoms with Crippen LogP contribution in [0.15, 0.2) is 75.9 Å². The second-order valence-corrected chi connectivity index (χ2v) is 7.70. The monoisotopic (exact) mass is 473 g/mol. The summed E-state index contributed by atoms with van der Waals surface area (Å²) in [4.78, 5) is 36.6. The van der Waals surface area contributed by atoms with Crippen molar-refractivity contribution in [2.45, 2.75) is 13.8 Å². The number of Topliss-reactive ketones (excluding diaryl/α,β-unsaturated/α-hetero) is 1. The Labute approximate surface area is 201 Å². The van der Waals surface area contributed by atoms with Crippen molar-refractivity contribution in [1.29, 1.82) is 0 Å². The molecule has 1 aromatic heterocycles. The van der Waals surface area contributed by atoms with Gasteiger partial charge in [-0.05, 0) is 62.4 Å². The molecule has 3 aromatic carbocycles. The summed E-state index contributed by atoms with van der Waals surface area (Å²) in [5.41, 5.74) is 1.07. The summed E-state index contributed by atoms with van der Waals surface area (Å²) in [5, 5.41) is 3.01. The topological polar surface area (TPSA) is 104 Å². The van der Waals surface area contributed by atoms with E-state index in [2.05, 4.69) is 5.32 Å². The van der Waals surface area contributed by atoms with Crippen LogP contribution in [0, 0.1) is 6.92 Å². The molecule has 1 heterocycles. The number of fused-ring (bicyclic) bond motifs is 1. The van der Waals surface area contributed by atoms with Crippen LogP contribution in [0.1, 0.15) is 23.0 Å². The van der Waals surface area contributed by atoms with Gasteiger partial charge in [-0.3, -0.25) is 14.4 Å². The minimum absolute atomic E-state index is 0.0529. The Hall–Kier alpha value is -4.59. The third-order valence-corrected chi connectivity index (χ3v) is 5.21. The number of nitrogens with one attached hydrogen (secondary N) is 1. The number of benzene rings is 3. The van der Waals surface area contributed by atoms with E-state index in [-0.39, 0.29) is 35.2 Å². The fourth-order valence-electron chi connectivity index (χ4n) is 3.42. The zero-order valence-corrected chi connectivity index (χ0v) is 19.4. The molecule has 35 heavy (non-hydrogen) atoms. The van der Waals surface area contributed by atoms with E-state index >= 15 is 0 Å². The number of para-hydroxylation sites is 2. The molecule has 1 amide bonds. The van der Waals surface area contributed by atoms with Crippen LogP contribution in [0.2, 0.25) is 0 Å². The Balaban J connectivity index is 1.47. The van der Waals surface area contributed by atoms with Crippen LogP contribution in [-0.2, 0) is 4.79 Å². The van der Waals surface area contributed by atoms with Crippen molar-refractivity contribution in [2.75, 3.05) is 19.0 Å². The predicted molar refractivity (Wildman–Crippen MR) is 131 cm³/mol. The summed E-state index contributed by atoms with van der Waals surface area (Å²) in [6.45, 7) is 2.85. The molecular weight excluding hydrogens is 450 g/mol. The Morgan fingerprint density at radius 1 is 0.971 bits per heavy atom. The van der Waals surface area contributed by atoms with Crippen LogP contribution in [0.5, 0.6) is 23.0 Å². The maximum absolute atomic E-state index is 13.0. The lowest BCUT2D eigenvalue weighted by Crippen LogP contribution is -2.20. The minimum Gasteiger partial charge on any atom is -0.493 e. The number of rotatable bonds is 8. The number of ketones is 1. The summed E-state index contributed by atoms with van der Waals surface area (Å²) >= 11 is 0. The largest absolute Gasteiger partial charge is 0.493 e. The second kappa shape index (κ2) is 10.1. The van der Waals surface area contributed by atoms with Gasteiger partial charge in [0.15, 0.2) is 23.9 Å². The van der Waals surface area contributed by atoms with Gasteiger partial charge < -0.3 is 23.9 Å². The Morgan fingerprint density at radius 3 is 2.37 bits per heavy atom. The maximum atomic E-state index is 13.0. The number of amides is 1. The molecule has 0 aliphatic carbocycles. The number of hydrogen-bond acceptors (Lipinski definition) is 7. The zero-order valence-electron chi connectivity index (χ0n) is 19.4. The van der Waals surface area contributed by atoms with Gasteiger partial charge in [-0.2, -0.15) is 0 Å². The molecule has 0 saturated carbocycles. The molecule has 178 valence electrons. The number of hydrogen-bond donors (Lipinski definition) is 1. The molecule has 1 N–H and O–H groups in total. The number of carbonyl (C=O) groups is 2. The molecule has 0 aliphatic heterocycles. The number of aryl methyl sites for hydroxylation is 1. The van der Waals surface area contributed by atoms with E-state index in [0.29, 0.717) is 39.5 Å². The maximum Gasteiger partial charge on any atom is 0.262 e. The Morgan fingerprint density at radius 2 is 1.69 bits per heavy atom. The lowest BCUT2D eigenvalue weighted by molar-refractivity contribution is -0.118. The Kier molecular flexibility index (Phi) is 6.82. The first kappa shape index (κ1) is 23.6. The molecule has 0 fully saturated rings. The second-order valence-electron chi connectivity index (χ2n) is 7.70. The highest BCUT2D eigenvalue weighted by atomic mass is 16.5. The molecule has 0 radical (unpaired) electrons. The molecule has 4 rings (SSSR count). The fraction of sp³-hybridized carbons (Fsp3) is 0.148. The molecule has 0 saturated heterocycles. The predicted octanol–water partition coefficient (Wildman–Crippen LogP) is 5.12. The summed E-state index contributed by atoms with van der Waals surface area (Å²) in [7, 11) is 1.52. The van der Waals surface area contributed by atoms with Crippen molar-refractivity contribution in [3.05, 3.63) is 88.3 Å². The van der Waals surface area contributed by atoms with Crippen LogP contribution in [0.4, 0.5) is 5.69 Å². The van der Waals surface area contributed by atoms with E-state index in [1.54, 1.807) is 73.7 Å². The molecule has 0 bridgehead atoms. The van der Waals surface area contributed by atoms with Gasteiger partial charge in [0.05, 0.1) is 12.5 Å². The summed E-state index contributed by atoms with van der Waals surface area (Å²) in [5.74, 6) is 1.17. The highest BCUT2D eigenvalue weighted by molar-refractivity contribution is 5.96. The van der Waals surface area contributed by atoms with Crippen LogP contribution in [-0.4, -0.2) is 25.4 Å². The van der Waals surface area contributed by atoms with Gasteiger partial charge in [0.2, 0.25) is 11.2 Å². The van der Waals surface area contributed by atoms with Gasteiger partial charge >= 0.3 is 0 Å². The standard InChI is InChI=1S/C27H23NO7/c1-16(29)18-8-10-19(11-9-18)28-25(30)15-33-20-12-13-21-24(14-20)34-17(2)27(26(21)31)35-23-7-5-4-6-22(23)32-3/h4-14H,15H2,1-3H3,(H,28,30). The van der Waals surface area contributed by atoms with Gasteiger partial charge in [-0.25, -0.2) is 0 Å². The smallest absolute Gasteiger partial charge is 0.262 e. The van der Waals surface area contributed by atoms with Crippen LogP contribution in [0.25, 0.3) is 11.0 Å². The quantitative estimate of drug-likeness (QED) is 0.354. The fourth-order valence-corrected chi connectivity index (χ4v) is 3.42. The SMILES string of the molecule is COc1ccccc1Oc1c(C)oc2cc(OCC(=O)Nc3ccc(C(C)=O)cc3)ccc2c1=O. The van der Waals surface area contributed by atoms with Gasteiger partial charge in [-0.15, -0.1) is 0 Å². The number of ether oxygens (including phenoxy) is 3. The molecule has 8 nitrogen and oxygen atoms in total. The van der Waals surface area contributed by atoms with E-state index in [4.69, 9.17) is 18.6 Å². The average Bonchev–Trinajstić information content (AvgIpc) is 2.85. The minimum atomic E-state index is -0.376. The molecular formula is C27H23NO7. The van der Waals surface area contributed by atoms with Crippen LogP contribution in [0.3, 0.4) is 0 Å². The lowest BCUT2D eigenvalue weighted by atomic mass is 10.1.